The van der Waals surface area contributed by atoms with E-state index in [1.165, 1.54) is 4.90 Å². The maximum absolute atomic E-state index is 12.4. The number of carbonyl (C=O) groups excluding carboxylic acids is 2. The van der Waals surface area contributed by atoms with Gasteiger partial charge in [0.2, 0.25) is 11.8 Å². The van der Waals surface area contributed by atoms with Crippen LogP contribution in [-0.4, -0.2) is 40.1 Å². The summed E-state index contributed by atoms with van der Waals surface area (Å²) >= 11 is 0. The zero-order valence-corrected chi connectivity index (χ0v) is 17.0. The molecule has 0 radical (unpaired) electrons. The van der Waals surface area contributed by atoms with E-state index >= 15 is 0 Å². The van der Waals surface area contributed by atoms with Gasteiger partial charge in [0.1, 0.15) is 0 Å². The predicted octanol–water partition coefficient (Wildman–Crippen LogP) is 3.19. The minimum Gasteiger partial charge on any atom is -0.336 e. The molecule has 27 heavy (non-hydrogen) atoms. The summed E-state index contributed by atoms with van der Waals surface area (Å²) in [5, 5.41) is 7.39. The van der Waals surface area contributed by atoms with E-state index in [2.05, 4.69) is 31.2 Å². The number of para-hydroxylation sites is 1. The molecule has 0 atom stereocenters. The molecule has 0 fully saturated rings. The van der Waals surface area contributed by atoms with Crippen molar-refractivity contribution in [3.05, 3.63) is 47.3 Å². The van der Waals surface area contributed by atoms with Gasteiger partial charge in [0.25, 0.3) is 0 Å². The van der Waals surface area contributed by atoms with Gasteiger partial charge in [-0.2, -0.15) is 5.10 Å². The van der Waals surface area contributed by atoms with Gasteiger partial charge in [-0.25, -0.2) is 0 Å². The van der Waals surface area contributed by atoms with Gasteiger partial charge in [-0.1, -0.05) is 32.0 Å². The fourth-order valence-electron chi connectivity index (χ4n) is 3.07. The Morgan fingerprint density at radius 3 is 2.48 bits per heavy atom. The third-order valence-electron chi connectivity index (χ3n) is 4.52. The topological polar surface area (TPSA) is 67.2 Å². The second kappa shape index (κ2) is 9.35. The summed E-state index contributed by atoms with van der Waals surface area (Å²) < 4.78 is 2.02. The Labute approximate surface area is 161 Å². The van der Waals surface area contributed by atoms with E-state index in [9.17, 15) is 9.59 Å². The molecule has 2 rings (SSSR count). The number of benzene rings is 1. The number of carbonyl (C=O) groups is 2. The monoisotopic (exact) mass is 370 g/mol. The number of hydrogen-bond acceptors (Lipinski definition) is 3. The highest BCUT2D eigenvalue weighted by molar-refractivity contribution is 5.94. The van der Waals surface area contributed by atoms with Crippen LogP contribution in [0, 0.1) is 19.8 Å². The molecule has 0 saturated carbocycles. The van der Waals surface area contributed by atoms with Crippen LogP contribution in [0.15, 0.2) is 30.3 Å². The largest absolute Gasteiger partial charge is 0.336 e. The molecule has 0 bridgehead atoms. The van der Waals surface area contributed by atoms with E-state index in [1.807, 2.05) is 41.9 Å². The van der Waals surface area contributed by atoms with Crippen molar-refractivity contribution < 1.29 is 9.59 Å². The van der Waals surface area contributed by atoms with E-state index in [0.717, 1.165) is 29.2 Å². The van der Waals surface area contributed by atoms with Gasteiger partial charge in [-0.3, -0.25) is 14.3 Å². The lowest BCUT2D eigenvalue weighted by molar-refractivity contribution is -0.133. The zero-order valence-electron chi connectivity index (χ0n) is 17.0. The number of rotatable bonds is 8. The van der Waals surface area contributed by atoms with Crippen molar-refractivity contribution >= 4 is 17.5 Å². The summed E-state index contributed by atoms with van der Waals surface area (Å²) in [4.78, 5) is 26.0. The quantitative estimate of drug-likeness (QED) is 0.776. The highest BCUT2D eigenvalue weighted by Crippen LogP contribution is 2.17. The summed E-state index contributed by atoms with van der Waals surface area (Å²) in [6, 6.07) is 9.24. The zero-order chi connectivity index (χ0) is 20.0. The van der Waals surface area contributed by atoms with Crippen LogP contribution in [0.4, 0.5) is 5.69 Å². The minimum absolute atomic E-state index is 0.0400. The molecule has 0 aliphatic heterocycles. The first kappa shape index (κ1) is 20.7. The van der Waals surface area contributed by atoms with Crippen LogP contribution >= 0.6 is 0 Å². The number of hydrogen-bond donors (Lipinski definition) is 1. The molecule has 1 N–H and O–H groups in total. The third kappa shape index (κ3) is 5.94. The van der Waals surface area contributed by atoms with Crippen LogP contribution < -0.4 is 5.32 Å². The lowest BCUT2D eigenvalue weighted by Crippen LogP contribution is -2.35. The molecule has 6 heteroatoms. The molecule has 0 unspecified atom stereocenters. The smallest absolute Gasteiger partial charge is 0.243 e. The van der Waals surface area contributed by atoms with Crippen molar-refractivity contribution in [2.45, 2.75) is 47.1 Å². The van der Waals surface area contributed by atoms with Crippen LogP contribution in [-0.2, 0) is 22.6 Å². The molecule has 2 aromatic rings. The maximum atomic E-state index is 12.4. The van der Waals surface area contributed by atoms with Crippen LogP contribution in [0.1, 0.15) is 37.2 Å². The molecule has 0 spiro atoms. The van der Waals surface area contributed by atoms with E-state index < -0.39 is 0 Å². The van der Waals surface area contributed by atoms with E-state index in [0.29, 0.717) is 18.8 Å². The van der Waals surface area contributed by atoms with Crippen LogP contribution in [0.3, 0.4) is 0 Å². The number of nitrogens with zero attached hydrogens (tertiary/aromatic N) is 3. The first-order valence-electron chi connectivity index (χ1n) is 9.39. The summed E-state index contributed by atoms with van der Waals surface area (Å²) in [7, 11) is 1.66. The fourth-order valence-corrected chi connectivity index (χ4v) is 3.07. The Hall–Kier alpha value is -2.63. The van der Waals surface area contributed by atoms with Crippen molar-refractivity contribution in [1.29, 1.82) is 0 Å². The lowest BCUT2D eigenvalue weighted by atomic mass is 10.1. The lowest BCUT2D eigenvalue weighted by Gasteiger charge is -2.17. The molecule has 0 saturated heterocycles. The third-order valence-corrected chi connectivity index (χ3v) is 4.52. The number of likely N-dealkylation sites (N-methyl/N-ethyl adjacent to an activating group) is 1. The standard InChI is InChI=1S/C21H30N4O2/c1-15(2)13-25-17(4)19(16(3)23-25)11-12-21(27)24(5)14-20(26)22-18-9-7-6-8-10-18/h6-10,15H,11-14H2,1-5H3,(H,22,26). The number of aryl methyl sites for hydroxylation is 1. The number of amides is 2. The average Bonchev–Trinajstić information content (AvgIpc) is 2.86. The molecular formula is C21H30N4O2. The highest BCUT2D eigenvalue weighted by atomic mass is 16.2. The summed E-state index contributed by atoms with van der Waals surface area (Å²) in [6.07, 6.45) is 1.00. The summed E-state index contributed by atoms with van der Waals surface area (Å²) in [5.74, 6) is 0.273. The number of nitrogens with one attached hydrogen (secondary N) is 1. The molecule has 0 aliphatic rings. The molecule has 1 aromatic carbocycles. The van der Waals surface area contributed by atoms with Gasteiger partial charge in [0.05, 0.1) is 12.2 Å². The Morgan fingerprint density at radius 2 is 1.85 bits per heavy atom. The molecule has 1 aromatic heterocycles. The van der Waals surface area contributed by atoms with E-state index in [4.69, 9.17) is 0 Å². The van der Waals surface area contributed by atoms with Crippen molar-refractivity contribution in [1.82, 2.24) is 14.7 Å². The molecule has 2 amide bonds. The molecule has 1 heterocycles. The first-order chi connectivity index (χ1) is 12.8. The van der Waals surface area contributed by atoms with Crippen molar-refractivity contribution in [2.75, 3.05) is 18.9 Å². The first-order valence-corrected chi connectivity index (χ1v) is 9.39. The van der Waals surface area contributed by atoms with Crippen molar-refractivity contribution in [3.63, 3.8) is 0 Å². The predicted molar refractivity (Wildman–Crippen MR) is 108 cm³/mol. The Bertz CT molecular complexity index is 781. The van der Waals surface area contributed by atoms with Gasteiger partial charge < -0.3 is 10.2 Å². The van der Waals surface area contributed by atoms with Gasteiger partial charge in [-0.15, -0.1) is 0 Å². The molecule has 6 nitrogen and oxygen atoms in total. The van der Waals surface area contributed by atoms with Crippen molar-refractivity contribution in [3.8, 4) is 0 Å². The second-order valence-electron chi connectivity index (χ2n) is 7.39. The fraction of sp³-hybridized carbons (Fsp3) is 0.476. The van der Waals surface area contributed by atoms with Gasteiger partial charge in [-0.05, 0) is 43.9 Å². The van der Waals surface area contributed by atoms with Crippen LogP contribution in [0.5, 0.6) is 0 Å². The van der Waals surface area contributed by atoms with Gasteiger partial charge in [0.15, 0.2) is 0 Å². The Morgan fingerprint density at radius 1 is 1.19 bits per heavy atom. The van der Waals surface area contributed by atoms with Crippen molar-refractivity contribution in [2.24, 2.45) is 5.92 Å². The summed E-state index contributed by atoms with van der Waals surface area (Å²) in [6.45, 7) is 9.28. The summed E-state index contributed by atoms with van der Waals surface area (Å²) in [5.41, 5.74) is 3.96. The Kier molecular flexibility index (Phi) is 7.16. The average molecular weight is 370 g/mol. The number of aromatic nitrogens is 2. The normalized spacial score (nSPS) is 10.9. The minimum atomic E-state index is -0.200. The van der Waals surface area contributed by atoms with Crippen LogP contribution in [0.25, 0.3) is 0 Å². The maximum Gasteiger partial charge on any atom is 0.243 e. The van der Waals surface area contributed by atoms with Crippen LogP contribution in [0.2, 0.25) is 0 Å². The van der Waals surface area contributed by atoms with Gasteiger partial charge in [0, 0.05) is 31.4 Å². The van der Waals surface area contributed by atoms with Gasteiger partial charge >= 0.3 is 0 Å². The second-order valence-corrected chi connectivity index (χ2v) is 7.39. The Balaban J connectivity index is 1.88. The molecule has 146 valence electrons. The molecular weight excluding hydrogens is 340 g/mol. The molecule has 0 aliphatic carbocycles. The van der Waals surface area contributed by atoms with E-state index in [1.54, 1.807) is 7.05 Å². The SMILES string of the molecule is Cc1nn(CC(C)C)c(C)c1CCC(=O)N(C)CC(=O)Nc1ccccc1. The highest BCUT2D eigenvalue weighted by Gasteiger charge is 2.17. The number of anilines is 1. The van der Waals surface area contributed by atoms with E-state index in [-0.39, 0.29) is 18.4 Å².